The summed E-state index contributed by atoms with van der Waals surface area (Å²) in [5.74, 6) is 1.71. The summed E-state index contributed by atoms with van der Waals surface area (Å²) in [6, 6.07) is 0.290. The predicted octanol–water partition coefficient (Wildman–Crippen LogP) is 2.41. The fourth-order valence-corrected chi connectivity index (χ4v) is 4.70. The van der Waals surface area contributed by atoms with Crippen LogP contribution in [0.4, 0.5) is 0 Å². The minimum atomic E-state index is -3.16. The number of piperidine rings is 1. The van der Waals surface area contributed by atoms with E-state index in [1.807, 2.05) is 0 Å². The molecule has 0 saturated carbocycles. The van der Waals surface area contributed by atoms with Crippen molar-refractivity contribution in [2.45, 2.75) is 58.9 Å². The molecule has 1 fully saturated rings. The van der Waals surface area contributed by atoms with E-state index < -0.39 is 10.0 Å². The van der Waals surface area contributed by atoms with Crippen molar-refractivity contribution in [1.82, 2.24) is 19.1 Å². The van der Waals surface area contributed by atoms with Crippen LogP contribution in [0.5, 0.6) is 0 Å². The van der Waals surface area contributed by atoms with E-state index in [9.17, 15) is 8.42 Å². The molecule has 1 aliphatic heterocycles. The Morgan fingerprint density at radius 1 is 1.32 bits per heavy atom. The van der Waals surface area contributed by atoms with Crippen molar-refractivity contribution in [1.29, 1.82) is 0 Å². The van der Waals surface area contributed by atoms with Crippen molar-refractivity contribution >= 4 is 10.0 Å². The summed E-state index contributed by atoms with van der Waals surface area (Å²) in [5, 5.41) is 8.25. The zero-order valence-electron chi connectivity index (χ0n) is 14.1. The molecule has 0 bridgehead atoms. The predicted molar refractivity (Wildman–Crippen MR) is 87.2 cm³/mol. The van der Waals surface area contributed by atoms with E-state index in [4.69, 9.17) is 0 Å². The second-order valence-corrected chi connectivity index (χ2v) is 8.97. The Labute approximate surface area is 134 Å². The van der Waals surface area contributed by atoms with Crippen LogP contribution in [0.3, 0.4) is 0 Å². The molecule has 0 spiro atoms. The first kappa shape index (κ1) is 17.4. The van der Waals surface area contributed by atoms with Crippen molar-refractivity contribution in [2.24, 2.45) is 5.92 Å². The molecule has 0 radical (unpaired) electrons. The molecule has 0 N–H and O–H groups in total. The Bertz CT molecular complexity index is 580. The van der Waals surface area contributed by atoms with Gasteiger partial charge < -0.3 is 4.57 Å². The van der Waals surface area contributed by atoms with Gasteiger partial charge in [0.15, 0.2) is 0 Å². The van der Waals surface area contributed by atoms with E-state index in [-0.39, 0.29) is 17.7 Å². The smallest absolute Gasteiger partial charge is 0.214 e. The van der Waals surface area contributed by atoms with Crippen LogP contribution >= 0.6 is 0 Å². The molecule has 0 aliphatic carbocycles. The summed E-state index contributed by atoms with van der Waals surface area (Å²) in [4.78, 5) is 0. The van der Waals surface area contributed by atoms with Gasteiger partial charge in [0, 0.05) is 25.0 Å². The lowest BCUT2D eigenvalue weighted by molar-refractivity contribution is 0.301. The second-order valence-electron chi connectivity index (χ2n) is 6.89. The molecule has 1 atom stereocenters. The minimum absolute atomic E-state index is 0.146. The second kappa shape index (κ2) is 7.08. The number of hydrogen-bond donors (Lipinski definition) is 0. The maximum atomic E-state index is 12.5. The summed E-state index contributed by atoms with van der Waals surface area (Å²) in [7, 11) is -3.16. The van der Waals surface area contributed by atoms with Gasteiger partial charge in [-0.25, -0.2) is 12.7 Å². The highest BCUT2D eigenvalue weighted by atomic mass is 32.2. The van der Waals surface area contributed by atoms with Gasteiger partial charge in [-0.1, -0.05) is 13.8 Å². The molecular weight excluding hydrogens is 300 g/mol. The molecule has 1 aromatic rings. The highest BCUT2D eigenvalue weighted by molar-refractivity contribution is 7.89. The van der Waals surface area contributed by atoms with Gasteiger partial charge in [0.1, 0.15) is 12.2 Å². The van der Waals surface area contributed by atoms with Crippen LogP contribution in [0.15, 0.2) is 6.33 Å². The van der Waals surface area contributed by atoms with Gasteiger partial charge in [0.25, 0.3) is 0 Å². The lowest BCUT2D eigenvalue weighted by atomic mass is 9.98. The van der Waals surface area contributed by atoms with E-state index in [2.05, 4.69) is 42.5 Å². The van der Waals surface area contributed by atoms with Crippen LogP contribution in [-0.2, 0) is 10.0 Å². The largest absolute Gasteiger partial charge is 0.315 e. The molecule has 2 rings (SSSR count). The minimum Gasteiger partial charge on any atom is -0.315 e. The molecule has 2 heterocycles. The van der Waals surface area contributed by atoms with Crippen molar-refractivity contribution in [3.63, 3.8) is 0 Å². The first-order chi connectivity index (χ1) is 10.3. The summed E-state index contributed by atoms with van der Waals surface area (Å²) >= 11 is 0. The Kier molecular flexibility index (Phi) is 5.60. The first-order valence-electron chi connectivity index (χ1n) is 8.18. The number of rotatable bonds is 6. The zero-order chi connectivity index (χ0) is 16.3. The molecule has 1 aromatic heterocycles. The van der Waals surface area contributed by atoms with Crippen molar-refractivity contribution in [3.05, 3.63) is 12.2 Å². The normalized spacial score (nSPS) is 20.9. The van der Waals surface area contributed by atoms with Crippen LogP contribution in [0.2, 0.25) is 0 Å². The number of hydrogen-bond acceptors (Lipinski definition) is 4. The molecule has 1 aliphatic rings. The Morgan fingerprint density at radius 2 is 2.05 bits per heavy atom. The van der Waals surface area contributed by atoms with E-state index in [0.717, 1.165) is 18.7 Å². The molecule has 22 heavy (non-hydrogen) atoms. The van der Waals surface area contributed by atoms with Gasteiger partial charge >= 0.3 is 0 Å². The third-order valence-corrected chi connectivity index (χ3v) is 6.12. The van der Waals surface area contributed by atoms with Crippen LogP contribution in [0.1, 0.15) is 64.7 Å². The van der Waals surface area contributed by atoms with Gasteiger partial charge in [-0.05, 0) is 39.0 Å². The van der Waals surface area contributed by atoms with E-state index in [0.29, 0.717) is 25.4 Å². The lowest BCUT2D eigenvalue weighted by Crippen LogP contribution is -2.41. The van der Waals surface area contributed by atoms with Crippen LogP contribution in [0.25, 0.3) is 0 Å². The summed E-state index contributed by atoms with van der Waals surface area (Å²) < 4.78 is 28.7. The molecule has 0 amide bonds. The molecule has 0 unspecified atom stereocenters. The topological polar surface area (TPSA) is 68.1 Å². The van der Waals surface area contributed by atoms with Gasteiger partial charge in [0.05, 0.1) is 5.75 Å². The molecular formula is C15H28N4O2S. The van der Waals surface area contributed by atoms with Crippen LogP contribution in [-0.4, -0.2) is 46.3 Å². The molecule has 0 aromatic carbocycles. The fraction of sp³-hybridized carbons (Fsp3) is 0.867. The number of aromatic nitrogens is 3. The van der Waals surface area contributed by atoms with Crippen LogP contribution < -0.4 is 0 Å². The quantitative estimate of drug-likeness (QED) is 0.804. The van der Waals surface area contributed by atoms with Gasteiger partial charge in [-0.2, -0.15) is 0 Å². The highest BCUT2D eigenvalue weighted by Crippen LogP contribution is 2.28. The first-order valence-corrected chi connectivity index (χ1v) is 9.79. The highest BCUT2D eigenvalue weighted by Gasteiger charge is 2.31. The molecule has 1 saturated heterocycles. The monoisotopic (exact) mass is 328 g/mol. The Morgan fingerprint density at radius 3 is 2.68 bits per heavy atom. The molecule has 6 nitrogen and oxygen atoms in total. The van der Waals surface area contributed by atoms with Crippen molar-refractivity contribution < 1.29 is 8.42 Å². The maximum absolute atomic E-state index is 12.5. The molecule has 7 heteroatoms. The average Bonchev–Trinajstić information content (AvgIpc) is 2.95. The lowest BCUT2D eigenvalue weighted by Gasteiger charge is -2.32. The summed E-state index contributed by atoms with van der Waals surface area (Å²) in [5.41, 5.74) is 0. The summed E-state index contributed by atoms with van der Waals surface area (Å²) in [6.45, 7) is 9.46. The average molecular weight is 328 g/mol. The van der Waals surface area contributed by atoms with Crippen molar-refractivity contribution in [3.8, 4) is 0 Å². The maximum Gasteiger partial charge on any atom is 0.214 e. The van der Waals surface area contributed by atoms with E-state index in [1.54, 1.807) is 10.6 Å². The third-order valence-electron chi connectivity index (χ3n) is 4.25. The van der Waals surface area contributed by atoms with Gasteiger partial charge in [-0.3, -0.25) is 0 Å². The van der Waals surface area contributed by atoms with E-state index >= 15 is 0 Å². The number of nitrogens with zero attached hydrogens (tertiary/aromatic N) is 4. The molecule has 126 valence electrons. The van der Waals surface area contributed by atoms with Gasteiger partial charge in [0.2, 0.25) is 10.0 Å². The Balaban J connectivity index is 2.10. The Hall–Kier alpha value is -0.950. The third kappa shape index (κ3) is 4.07. The van der Waals surface area contributed by atoms with Crippen LogP contribution in [0, 0.1) is 5.92 Å². The fourth-order valence-electron chi connectivity index (χ4n) is 2.86. The van der Waals surface area contributed by atoms with E-state index in [1.165, 1.54) is 0 Å². The number of sulfonamides is 1. The van der Waals surface area contributed by atoms with Gasteiger partial charge in [-0.15, -0.1) is 10.2 Å². The standard InChI is InChI=1S/C15H28N4O2S/c1-12(2)7-9-22(20,21)18-8-5-6-14(10-18)15-17-16-11-19(15)13(3)4/h11-14H,5-10H2,1-4H3/t14-/m1/s1. The zero-order valence-corrected chi connectivity index (χ0v) is 14.9. The van der Waals surface area contributed by atoms with Crippen molar-refractivity contribution in [2.75, 3.05) is 18.8 Å². The summed E-state index contributed by atoms with van der Waals surface area (Å²) in [6.07, 6.45) is 4.32. The SMILES string of the molecule is CC(C)CCS(=O)(=O)N1CCC[C@@H](c2nncn2C(C)C)C1.